The van der Waals surface area contributed by atoms with Crippen LogP contribution in [0.2, 0.25) is 0 Å². The lowest BCUT2D eigenvalue weighted by atomic mass is 9.84. The fourth-order valence-electron chi connectivity index (χ4n) is 3.95. The molecule has 0 aromatic carbocycles. The Balaban J connectivity index is 2.17. The molecule has 2 aliphatic carbocycles. The van der Waals surface area contributed by atoms with E-state index in [1.807, 2.05) is 0 Å². The normalized spacial score (nSPS) is 36.9. The van der Waals surface area contributed by atoms with Crippen molar-refractivity contribution < 1.29 is 35.1 Å². The third kappa shape index (κ3) is 6.95. The molecule has 0 aromatic heterocycles. The zero-order valence-electron chi connectivity index (χ0n) is 14.1. The van der Waals surface area contributed by atoms with Crippen molar-refractivity contribution in [3.63, 3.8) is 0 Å². The van der Waals surface area contributed by atoms with E-state index in [0.717, 1.165) is 0 Å². The number of hydrogen-bond acceptors (Lipinski definition) is 2. The molecule has 0 saturated heterocycles. The molecule has 2 fully saturated rings. The molecule has 0 nitrogen and oxygen atoms in total. The van der Waals surface area contributed by atoms with Gasteiger partial charge in [-0.2, -0.15) is 26.3 Å². The first kappa shape index (κ1) is 22.4. The smallest absolute Gasteiger partial charge is 0.247 e. The SMILES string of the molecule is FC1CCCC(CC(F)(F)F)(SSC2(CC(F)(F)F)CCCC(F)C2)C1. The maximum atomic E-state index is 13.8. The fourth-order valence-corrected chi connectivity index (χ4v) is 8.02. The van der Waals surface area contributed by atoms with Gasteiger partial charge in [-0.3, -0.25) is 0 Å². The van der Waals surface area contributed by atoms with Crippen LogP contribution in [0.25, 0.3) is 0 Å². The summed E-state index contributed by atoms with van der Waals surface area (Å²) in [5.74, 6) is 0. The van der Waals surface area contributed by atoms with Crippen LogP contribution in [0.15, 0.2) is 0 Å². The second-order valence-electron chi connectivity index (χ2n) is 7.50. The first-order valence-electron chi connectivity index (χ1n) is 8.61. The van der Waals surface area contributed by atoms with Crippen molar-refractivity contribution in [1.82, 2.24) is 0 Å². The lowest BCUT2D eigenvalue weighted by molar-refractivity contribution is -0.144. The third-order valence-corrected chi connectivity index (χ3v) is 9.12. The summed E-state index contributed by atoms with van der Waals surface area (Å²) in [5, 5.41) is 0. The second-order valence-corrected chi connectivity index (χ2v) is 10.6. The summed E-state index contributed by atoms with van der Waals surface area (Å²) in [4.78, 5) is 0. The van der Waals surface area contributed by atoms with Gasteiger partial charge in [0, 0.05) is 9.49 Å². The average Bonchev–Trinajstić information content (AvgIpc) is 2.41. The Bertz CT molecular complexity index is 424. The van der Waals surface area contributed by atoms with Gasteiger partial charge in [0.15, 0.2) is 0 Å². The highest BCUT2D eigenvalue weighted by atomic mass is 33.1. The lowest BCUT2D eigenvalue weighted by Crippen LogP contribution is -2.40. The maximum absolute atomic E-state index is 13.8. The summed E-state index contributed by atoms with van der Waals surface area (Å²) < 4.78 is 103. The molecule has 2 aliphatic rings. The molecule has 2 rings (SSSR count). The van der Waals surface area contributed by atoms with Crippen LogP contribution >= 0.6 is 21.6 Å². The lowest BCUT2D eigenvalue weighted by Gasteiger charge is -2.43. The molecular weight excluding hydrogens is 408 g/mol. The monoisotopic (exact) mass is 430 g/mol. The molecule has 0 N–H and O–H groups in total. The Morgan fingerprint density at radius 1 is 0.692 bits per heavy atom. The Morgan fingerprint density at radius 3 is 1.31 bits per heavy atom. The standard InChI is InChI=1S/C16H22F8S2/c17-11-3-1-5-13(7-11,9-15(19,20)21)25-26-14(10-16(22,23)24)6-2-4-12(18)8-14/h11-12H,1-10H2. The van der Waals surface area contributed by atoms with E-state index in [1.54, 1.807) is 0 Å². The van der Waals surface area contributed by atoms with Gasteiger partial charge in [-0.25, -0.2) is 8.78 Å². The van der Waals surface area contributed by atoms with Crippen molar-refractivity contribution in [2.75, 3.05) is 0 Å². The number of rotatable bonds is 5. The topological polar surface area (TPSA) is 0 Å². The Labute approximate surface area is 155 Å². The minimum absolute atomic E-state index is 0.103. The van der Waals surface area contributed by atoms with E-state index in [4.69, 9.17) is 0 Å². The predicted molar refractivity (Wildman–Crippen MR) is 88.7 cm³/mol. The molecule has 4 unspecified atom stereocenters. The summed E-state index contributed by atoms with van der Waals surface area (Å²) >= 11 is 0. The van der Waals surface area contributed by atoms with E-state index in [0.29, 0.717) is 21.6 Å². The van der Waals surface area contributed by atoms with E-state index < -0.39 is 47.0 Å². The van der Waals surface area contributed by atoms with Crippen LogP contribution in [0.1, 0.15) is 64.2 Å². The van der Waals surface area contributed by atoms with E-state index in [2.05, 4.69) is 0 Å². The quantitative estimate of drug-likeness (QED) is 0.326. The van der Waals surface area contributed by atoms with Gasteiger partial charge in [0.05, 0.1) is 12.8 Å². The van der Waals surface area contributed by atoms with Crippen molar-refractivity contribution in [1.29, 1.82) is 0 Å². The first-order chi connectivity index (χ1) is 11.8. The average molecular weight is 430 g/mol. The highest BCUT2D eigenvalue weighted by Crippen LogP contribution is 2.59. The van der Waals surface area contributed by atoms with Crippen molar-refractivity contribution in [3.05, 3.63) is 0 Å². The predicted octanol–water partition coefficient (Wildman–Crippen LogP) is 7.57. The van der Waals surface area contributed by atoms with Crippen molar-refractivity contribution in [3.8, 4) is 0 Å². The molecule has 2 saturated carbocycles. The van der Waals surface area contributed by atoms with E-state index in [9.17, 15) is 35.1 Å². The summed E-state index contributed by atoms with van der Waals surface area (Å²) in [5.41, 5.74) is 0. The van der Waals surface area contributed by atoms with Gasteiger partial charge in [0.1, 0.15) is 12.3 Å². The van der Waals surface area contributed by atoms with Crippen molar-refractivity contribution in [2.45, 2.75) is 98.4 Å². The van der Waals surface area contributed by atoms with Crippen LogP contribution in [0.5, 0.6) is 0 Å². The summed E-state index contributed by atoms with van der Waals surface area (Å²) in [6.45, 7) is 0. The van der Waals surface area contributed by atoms with E-state index in [-0.39, 0.29) is 51.4 Å². The first-order valence-corrected chi connectivity index (χ1v) is 10.8. The zero-order chi connectivity index (χ0) is 19.6. The second kappa shape index (κ2) is 8.25. The Hall–Kier alpha value is 0.140. The van der Waals surface area contributed by atoms with Crippen molar-refractivity contribution in [2.24, 2.45) is 0 Å². The fraction of sp³-hybridized carbons (Fsp3) is 1.00. The van der Waals surface area contributed by atoms with Crippen LogP contribution < -0.4 is 0 Å². The minimum Gasteiger partial charge on any atom is -0.247 e. The van der Waals surface area contributed by atoms with E-state index >= 15 is 0 Å². The number of hydrogen-bond donors (Lipinski definition) is 0. The molecule has 26 heavy (non-hydrogen) atoms. The molecule has 4 atom stereocenters. The van der Waals surface area contributed by atoms with Crippen LogP contribution in [0.3, 0.4) is 0 Å². The largest absolute Gasteiger partial charge is 0.390 e. The van der Waals surface area contributed by atoms with E-state index in [1.165, 1.54) is 0 Å². The third-order valence-electron chi connectivity index (χ3n) is 4.93. The molecule has 0 aliphatic heterocycles. The summed E-state index contributed by atoms with van der Waals surface area (Å²) in [6, 6.07) is 0. The van der Waals surface area contributed by atoms with Gasteiger partial charge in [0.2, 0.25) is 0 Å². The summed E-state index contributed by atoms with van der Waals surface area (Å²) in [6.07, 6.45) is -13.9. The number of halogens is 8. The van der Waals surface area contributed by atoms with Crippen LogP contribution in [-0.2, 0) is 0 Å². The minimum atomic E-state index is -4.53. The van der Waals surface area contributed by atoms with Crippen molar-refractivity contribution >= 4 is 21.6 Å². The molecule has 0 heterocycles. The molecular formula is C16H22F8S2. The van der Waals surface area contributed by atoms with Gasteiger partial charge in [-0.1, -0.05) is 21.6 Å². The van der Waals surface area contributed by atoms with Crippen LogP contribution in [0.4, 0.5) is 35.1 Å². The summed E-state index contributed by atoms with van der Waals surface area (Å²) in [7, 11) is 1.43. The molecule has 0 radical (unpaired) electrons. The Morgan fingerprint density at radius 2 is 1.04 bits per heavy atom. The van der Waals surface area contributed by atoms with Gasteiger partial charge in [0.25, 0.3) is 0 Å². The van der Waals surface area contributed by atoms with Gasteiger partial charge in [-0.05, 0) is 51.4 Å². The maximum Gasteiger partial charge on any atom is 0.390 e. The zero-order valence-corrected chi connectivity index (χ0v) is 15.7. The highest BCUT2D eigenvalue weighted by molar-refractivity contribution is 8.77. The Kier molecular flexibility index (Phi) is 7.12. The van der Waals surface area contributed by atoms with Gasteiger partial charge in [-0.15, -0.1) is 0 Å². The molecule has 0 aromatic rings. The molecule has 0 amide bonds. The highest BCUT2D eigenvalue weighted by Gasteiger charge is 2.51. The van der Waals surface area contributed by atoms with Gasteiger partial charge < -0.3 is 0 Å². The molecule has 0 bridgehead atoms. The molecule has 10 heteroatoms. The van der Waals surface area contributed by atoms with Crippen LogP contribution in [0, 0.1) is 0 Å². The molecule has 154 valence electrons. The van der Waals surface area contributed by atoms with Crippen LogP contribution in [-0.4, -0.2) is 34.2 Å². The van der Waals surface area contributed by atoms with Gasteiger partial charge >= 0.3 is 12.4 Å². The molecule has 0 spiro atoms. The number of alkyl halides is 8.